The molecule has 12 heavy (non-hydrogen) atoms. The summed E-state index contributed by atoms with van der Waals surface area (Å²) >= 11 is 3.29. The third-order valence-electron chi connectivity index (χ3n) is 1.63. The van der Waals surface area contributed by atoms with Gasteiger partial charge in [-0.05, 0) is 6.08 Å². The van der Waals surface area contributed by atoms with Crippen LogP contribution in [0.5, 0.6) is 0 Å². The van der Waals surface area contributed by atoms with E-state index in [1.54, 1.807) is 3.93 Å². The van der Waals surface area contributed by atoms with Crippen molar-refractivity contribution in [3.05, 3.63) is 23.7 Å². The highest BCUT2D eigenvalue weighted by Crippen LogP contribution is 2.21. The number of hydrogen-bond donors (Lipinski definition) is 1. The molecule has 0 bridgehead atoms. The highest BCUT2D eigenvalue weighted by Gasteiger charge is 2.23. The van der Waals surface area contributed by atoms with Crippen LogP contribution < -0.4 is 5.32 Å². The molecule has 0 aliphatic carbocycles. The topological polar surface area (TPSA) is 41.6 Å². The van der Waals surface area contributed by atoms with Gasteiger partial charge in [-0.2, -0.15) is 0 Å². The van der Waals surface area contributed by atoms with Crippen molar-refractivity contribution < 1.29 is 9.53 Å². The summed E-state index contributed by atoms with van der Waals surface area (Å²) in [5.41, 5.74) is 0. The minimum absolute atomic E-state index is 0.101. The van der Waals surface area contributed by atoms with Crippen molar-refractivity contribution >= 4 is 22.1 Å². The second kappa shape index (κ2) is 2.82. The maximum atomic E-state index is 10.9. The van der Waals surface area contributed by atoms with Gasteiger partial charge in [0.15, 0.2) is 18.2 Å². The molecule has 0 fully saturated rings. The van der Waals surface area contributed by atoms with Gasteiger partial charge in [0.05, 0.1) is 16.1 Å². The fraction of sp³-hybridized carbons (Fsp3) is 0.286. The average molecular weight is 231 g/mol. The number of carbonyl (C=O) groups excluding carboxylic acids is 1. The lowest BCUT2D eigenvalue weighted by Crippen LogP contribution is -2.39. The molecular weight excluding hydrogens is 224 g/mol. The molecule has 4 nitrogen and oxygen atoms in total. The van der Waals surface area contributed by atoms with E-state index in [-0.39, 0.29) is 12.5 Å². The Kier molecular flexibility index (Phi) is 1.80. The summed E-state index contributed by atoms with van der Waals surface area (Å²) in [6, 6.07) is 0. The number of nitrogens with zero attached hydrogens (tertiary/aromatic N) is 1. The molecule has 0 radical (unpaired) electrons. The quantitative estimate of drug-likeness (QED) is 0.616. The summed E-state index contributed by atoms with van der Waals surface area (Å²) in [5.74, 6) is 1.28. The Morgan fingerprint density at radius 2 is 2.50 bits per heavy atom. The van der Waals surface area contributed by atoms with Gasteiger partial charge in [-0.1, -0.05) is 6.08 Å². The van der Waals surface area contributed by atoms with Gasteiger partial charge in [0.1, 0.15) is 0 Å². The number of ether oxygens (including phenoxy) is 1. The summed E-state index contributed by atoms with van der Waals surface area (Å²) in [5, 5.41) is 2.71. The molecule has 0 saturated heterocycles. The van der Waals surface area contributed by atoms with Crippen LogP contribution >= 0.6 is 16.1 Å². The number of allylic oxidation sites excluding steroid dienone is 1. The van der Waals surface area contributed by atoms with E-state index in [1.165, 1.54) is 0 Å². The fourth-order valence-corrected chi connectivity index (χ4v) is 1.52. The van der Waals surface area contributed by atoms with Crippen LogP contribution in [0.1, 0.15) is 0 Å². The van der Waals surface area contributed by atoms with Crippen LogP contribution in [0.3, 0.4) is 0 Å². The van der Waals surface area contributed by atoms with Crippen LogP contribution in [0.25, 0.3) is 0 Å². The zero-order valence-electron chi connectivity index (χ0n) is 6.21. The minimum atomic E-state index is -0.117. The van der Waals surface area contributed by atoms with E-state index in [1.807, 2.05) is 12.2 Å². The van der Waals surface area contributed by atoms with Crippen molar-refractivity contribution in [2.24, 2.45) is 0 Å². The Balaban J connectivity index is 2.31. The normalized spacial score (nSPS) is 21.8. The second-order valence-electron chi connectivity index (χ2n) is 2.50. The summed E-state index contributed by atoms with van der Waals surface area (Å²) in [6.07, 6.45) is 3.80. The number of halogens is 1. The predicted molar refractivity (Wildman–Crippen MR) is 45.9 cm³/mol. The molecule has 1 amide bonds. The SMILES string of the molecule is O=C1COC2=C(N1)N(Br)CC=C2. The molecule has 64 valence electrons. The van der Waals surface area contributed by atoms with E-state index in [9.17, 15) is 4.79 Å². The van der Waals surface area contributed by atoms with E-state index in [0.29, 0.717) is 11.6 Å². The molecule has 0 atom stereocenters. The number of carbonyl (C=O) groups is 1. The summed E-state index contributed by atoms with van der Waals surface area (Å²) in [7, 11) is 0. The van der Waals surface area contributed by atoms with Gasteiger partial charge in [0.25, 0.3) is 5.91 Å². The van der Waals surface area contributed by atoms with Crippen molar-refractivity contribution in [2.75, 3.05) is 13.2 Å². The number of hydrogen-bond acceptors (Lipinski definition) is 3. The first-order valence-corrected chi connectivity index (χ1v) is 4.25. The molecule has 2 heterocycles. The molecule has 2 rings (SSSR count). The average Bonchev–Trinajstić information content (AvgIpc) is 2.07. The molecule has 2 aliphatic heterocycles. The van der Waals surface area contributed by atoms with Gasteiger partial charge in [-0.3, -0.25) is 8.72 Å². The van der Waals surface area contributed by atoms with Gasteiger partial charge in [-0.15, -0.1) is 0 Å². The smallest absolute Gasteiger partial charge is 0.263 e. The van der Waals surface area contributed by atoms with E-state index in [2.05, 4.69) is 21.5 Å². The van der Waals surface area contributed by atoms with Gasteiger partial charge in [0, 0.05) is 6.54 Å². The summed E-state index contributed by atoms with van der Waals surface area (Å²) < 4.78 is 6.92. The second-order valence-corrected chi connectivity index (χ2v) is 3.35. The maximum Gasteiger partial charge on any atom is 0.263 e. The molecular formula is C7H7BrN2O2. The lowest BCUT2D eigenvalue weighted by Gasteiger charge is -2.27. The predicted octanol–water partition coefficient (Wildman–Crippen LogP) is 0.484. The Bertz CT molecular complexity index is 285. The van der Waals surface area contributed by atoms with E-state index < -0.39 is 0 Å². The number of rotatable bonds is 0. The lowest BCUT2D eigenvalue weighted by atomic mass is 10.3. The molecule has 0 saturated carbocycles. The summed E-state index contributed by atoms with van der Waals surface area (Å²) in [4.78, 5) is 10.9. The standard InChI is InChI=1S/C7H7BrN2O2/c8-10-3-1-2-5-7(10)9-6(11)4-12-5/h1-2H,3-4H2,(H,9,11). The van der Waals surface area contributed by atoms with Crippen molar-refractivity contribution in [3.8, 4) is 0 Å². The van der Waals surface area contributed by atoms with Crippen molar-refractivity contribution in [2.45, 2.75) is 0 Å². The molecule has 1 N–H and O–H groups in total. The molecule has 0 aromatic rings. The largest absolute Gasteiger partial charge is 0.480 e. The Labute approximate surface area is 78.2 Å². The zero-order valence-corrected chi connectivity index (χ0v) is 7.80. The van der Waals surface area contributed by atoms with Gasteiger partial charge in [-0.25, -0.2) is 0 Å². The van der Waals surface area contributed by atoms with Crippen LogP contribution in [0.2, 0.25) is 0 Å². The Morgan fingerprint density at radius 3 is 3.33 bits per heavy atom. The van der Waals surface area contributed by atoms with E-state index >= 15 is 0 Å². The molecule has 0 aromatic heterocycles. The Morgan fingerprint density at radius 1 is 1.67 bits per heavy atom. The highest BCUT2D eigenvalue weighted by molar-refractivity contribution is 9.07. The molecule has 5 heteroatoms. The molecule has 2 aliphatic rings. The van der Waals surface area contributed by atoms with Crippen LogP contribution in [-0.2, 0) is 9.53 Å². The van der Waals surface area contributed by atoms with Crippen molar-refractivity contribution in [3.63, 3.8) is 0 Å². The maximum absolute atomic E-state index is 10.9. The molecule has 0 aromatic carbocycles. The highest BCUT2D eigenvalue weighted by atomic mass is 79.9. The van der Waals surface area contributed by atoms with Crippen LogP contribution in [0, 0.1) is 0 Å². The third kappa shape index (κ3) is 1.20. The Hall–Kier alpha value is -0.970. The first-order valence-electron chi connectivity index (χ1n) is 3.54. The number of amides is 1. The van der Waals surface area contributed by atoms with Crippen molar-refractivity contribution in [1.29, 1.82) is 0 Å². The number of nitrogens with one attached hydrogen (secondary N) is 1. The first kappa shape index (κ1) is 7.67. The monoisotopic (exact) mass is 230 g/mol. The third-order valence-corrected chi connectivity index (χ3v) is 2.27. The molecule has 0 spiro atoms. The van der Waals surface area contributed by atoms with Crippen molar-refractivity contribution in [1.82, 2.24) is 9.24 Å². The van der Waals surface area contributed by atoms with Gasteiger partial charge >= 0.3 is 0 Å². The van der Waals surface area contributed by atoms with Crippen LogP contribution in [0.15, 0.2) is 23.7 Å². The minimum Gasteiger partial charge on any atom is -0.480 e. The van der Waals surface area contributed by atoms with Crippen LogP contribution in [0.4, 0.5) is 0 Å². The van der Waals surface area contributed by atoms with Gasteiger partial charge in [0.2, 0.25) is 0 Å². The van der Waals surface area contributed by atoms with Crippen LogP contribution in [-0.4, -0.2) is 23.0 Å². The summed E-state index contributed by atoms with van der Waals surface area (Å²) in [6.45, 7) is 0.826. The molecule has 0 unspecified atom stereocenters. The lowest BCUT2D eigenvalue weighted by molar-refractivity contribution is -0.125. The van der Waals surface area contributed by atoms with Gasteiger partial charge < -0.3 is 10.1 Å². The fourth-order valence-electron chi connectivity index (χ4n) is 1.09. The van der Waals surface area contributed by atoms with E-state index in [0.717, 1.165) is 6.54 Å². The zero-order chi connectivity index (χ0) is 8.55. The first-order chi connectivity index (χ1) is 5.77. The van der Waals surface area contributed by atoms with E-state index in [4.69, 9.17) is 4.74 Å².